The van der Waals surface area contributed by atoms with E-state index in [4.69, 9.17) is 15.6 Å². The molecule has 1 unspecified atom stereocenters. The molecule has 0 saturated carbocycles. The quantitative estimate of drug-likeness (QED) is 0.609. The van der Waals surface area contributed by atoms with E-state index in [0.29, 0.717) is 12.5 Å². The minimum atomic E-state index is -1.10. The van der Waals surface area contributed by atoms with E-state index in [1.165, 1.54) is 0 Å². The predicted octanol–water partition coefficient (Wildman–Crippen LogP) is 0.378. The highest BCUT2D eigenvalue weighted by atomic mass is 16.5. The lowest BCUT2D eigenvalue weighted by Gasteiger charge is -2.10. The summed E-state index contributed by atoms with van der Waals surface area (Å²) in [5.41, 5.74) is 5.28. The van der Waals surface area contributed by atoms with Crippen LogP contribution in [0, 0.1) is 5.92 Å². The number of hydrogen-bond donors (Lipinski definition) is 2. The SMILES string of the molecule is CC(C)CCOC(=O)C(N)CC(=O)O. The molecule has 0 spiro atoms. The van der Waals surface area contributed by atoms with Gasteiger partial charge >= 0.3 is 11.9 Å². The van der Waals surface area contributed by atoms with E-state index in [-0.39, 0.29) is 6.42 Å². The largest absolute Gasteiger partial charge is 0.481 e. The number of esters is 1. The molecule has 0 aromatic carbocycles. The van der Waals surface area contributed by atoms with Crippen LogP contribution >= 0.6 is 0 Å². The molecule has 3 N–H and O–H groups in total. The van der Waals surface area contributed by atoms with E-state index < -0.39 is 18.0 Å². The molecule has 82 valence electrons. The van der Waals surface area contributed by atoms with Crippen molar-refractivity contribution in [2.24, 2.45) is 11.7 Å². The number of carboxylic acid groups (broad SMARTS) is 1. The van der Waals surface area contributed by atoms with Crippen LogP contribution in [0.3, 0.4) is 0 Å². The molecule has 0 radical (unpaired) electrons. The van der Waals surface area contributed by atoms with Crippen LogP contribution in [0.5, 0.6) is 0 Å². The second-order valence-corrected chi connectivity index (χ2v) is 3.55. The van der Waals surface area contributed by atoms with Gasteiger partial charge in [0.25, 0.3) is 0 Å². The van der Waals surface area contributed by atoms with E-state index in [0.717, 1.165) is 6.42 Å². The zero-order valence-corrected chi connectivity index (χ0v) is 8.53. The molecule has 0 heterocycles. The predicted molar refractivity (Wildman–Crippen MR) is 50.6 cm³/mol. The third-order valence-electron chi connectivity index (χ3n) is 1.64. The number of rotatable bonds is 6. The summed E-state index contributed by atoms with van der Waals surface area (Å²) in [6, 6.07) is -1.06. The van der Waals surface area contributed by atoms with Gasteiger partial charge in [-0.25, -0.2) is 0 Å². The summed E-state index contributed by atoms with van der Waals surface area (Å²) in [7, 11) is 0. The Hall–Kier alpha value is -1.10. The maximum Gasteiger partial charge on any atom is 0.323 e. The lowest BCUT2D eigenvalue weighted by Crippen LogP contribution is -2.34. The summed E-state index contributed by atoms with van der Waals surface area (Å²) in [4.78, 5) is 21.3. The molecular formula is C9H17NO4. The average molecular weight is 203 g/mol. The van der Waals surface area contributed by atoms with Crippen LogP contribution < -0.4 is 5.73 Å². The highest BCUT2D eigenvalue weighted by molar-refractivity contribution is 5.81. The third-order valence-corrected chi connectivity index (χ3v) is 1.64. The van der Waals surface area contributed by atoms with Crippen LogP contribution in [-0.2, 0) is 14.3 Å². The molecule has 0 bridgehead atoms. The number of carbonyl (C=O) groups is 2. The van der Waals surface area contributed by atoms with Gasteiger partial charge in [-0.15, -0.1) is 0 Å². The van der Waals surface area contributed by atoms with E-state index >= 15 is 0 Å². The topological polar surface area (TPSA) is 89.6 Å². The van der Waals surface area contributed by atoms with Gasteiger partial charge in [0.2, 0.25) is 0 Å². The summed E-state index contributed by atoms with van der Waals surface area (Å²) in [5.74, 6) is -1.30. The molecule has 0 aliphatic rings. The first-order chi connectivity index (χ1) is 6.43. The Bertz CT molecular complexity index is 203. The molecule has 0 amide bonds. The fourth-order valence-corrected chi connectivity index (χ4v) is 0.774. The summed E-state index contributed by atoms with van der Waals surface area (Å²) in [6.07, 6.45) is 0.367. The summed E-state index contributed by atoms with van der Waals surface area (Å²) >= 11 is 0. The lowest BCUT2D eigenvalue weighted by atomic mass is 10.1. The molecule has 5 nitrogen and oxygen atoms in total. The van der Waals surface area contributed by atoms with Crippen molar-refractivity contribution in [1.29, 1.82) is 0 Å². The number of ether oxygens (including phenoxy) is 1. The molecule has 14 heavy (non-hydrogen) atoms. The Labute approximate surface area is 83.2 Å². The zero-order chi connectivity index (χ0) is 11.1. The maximum absolute atomic E-state index is 11.0. The molecule has 5 heteroatoms. The smallest absolute Gasteiger partial charge is 0.323 e. The Kier molecular flexibility index (Phi) is 5.87. The van der Waals surface area contributed by atoms with Gasteiger partial charge in [0.1, 0.15) is 6.04 Å². The summed E-state index contributed by atoms with van der Waals surface area (Å²) in [5, 5.41) is 8.36. The molecular weight excluding hydrogens is 186 g/mol. The van der Waals surface area contributed by atoms with Gasteiger partial charge in [-0.1, -0.05) is 13.8 Å². The molecule has 0 rings (SSSR count). The zero-order valence-electron chi connectivity index (χ0n) is 8.53. The molecule has 0 fully saturated rings. The highest BCUT2D eigenvalue weighted by Gasteiger charge is 2.18. The maximum atomic E-state index is 11.0. The van der Waals surface area contributed by atoms with E-state index in [1.54, 1.807) is 0 Å². The first kappa shape index (κ1) is 12.9. The molecule has 0 aliphatic heterocycles. The van der Waals surface area contributed by atoms with Crippen molar-refractivity contribution in [3.63, 3.8) is 0 Å². The van der Waals surface area contributed by atoms with Crippen LogP contribution in [0.1, 0.15) is 26.7 Å². The van der Waals surface area contributed by atoms with Crippen LogP contribution in [0.25, 0.3) is 0 Å². The number of carbonyl (C=O) groups excluding carboxylic acids is 1. The second-order valence-electron chi connectivity index (χ2n) is 3.55. The second kappa shape index (κ2) is 6.37. The normalized spacial score (nSPS) is 12.6. The van der Waals surface area contributed by atoms with Crippen molar-refractivity contribution in [2.75, 3.05) is 6.61 Å². The highest BCUT2D eigenvalue weighted by Crippen LogP contribution is 2.00. The molecule has 0 aromatic rings. The Balaban J connectivity index is 3.67. The minimum Gasteiger partial charge on any atom is -0.481 e. The first-order valence-electron chi connectivity index (χ1n) is 4.57. The van der Waals surface area contributed by atoms with Crippen molar-refractivity contribution in [3.8, 4) is 0 Å². The monoisotopic (exact) mass is 203 g/mol. The standard InChI is InChI=1S/C9H17NO4/c1-6(2)3-4-14-9(13)7(10)5-8(11)12/h6-7H,3-5,10H2,1-2H3,(H,11,12). The van der Waals surface area contributed by atoms with Gasteiger partial charge in [0, 0.05) is 0 Å². The third kappa shape index (κ3) is 6.42. The summed E-state index contributed by atoms with van der Waals surface area (Å²) < 4.78 is 4.79. The van der Waals surface area contributed by atoms with Crippen molar-refractivity contribution in [2.45, 2.75) is 32.7 Å². The van der Waals surface area contributed by atoms with Gasteiger partial charge in [-0.05, 0) is 12.3 Å². The number of carboxylic acids is 1. The van der Waals surface area contributed by atoms with Crippen molar-refractivity contribution in [3.05, 3.63) is 0 Å². The van der Waals surface area contributed by atoms with Gasteiger partial charge in [-0.3, -0.25) is 9.59 Å². The van der Waals surface area contributed by atoms with Crippen molar-refractivity contribution >= 4 is 11.9 Å². The van der Waals surface area contributed by atoms with Crippen molar-refractivity contribution in [1.82, 2.24) is 0 Å². The fraction of sp³-hybridized carbons (Fsp3) is 0.778. The molecule has 1 atom stereocenters. The van der Waals surface area contributed by atoms with Gasteiger partial charge in [0.15, 0.2) is 0 Å². The lowest BCUT2D eigenvalue weighted by molar-refractivity contribution is -0.149. The van der Waals surface area contributed by atoms with Gasteiger partial charge < -0.3 is 15.6 Å². The minimum absolute atomic E-state index is 0.295. The Morgan fingerprint density at radius 1 is 1.43 bits per heavy atom. The first-order valence-corrected chi connectivity index (χ1v) is 4.57. The van der Waals surface area contributed by atoms with Crippen LogP contribution in [-0.4, -0.2) is 29.7 Å². The molecule has 0 aliphatic carbocycles. The summed E-state index contributed by atoms with van der Waals surface area (Å²) in [6.45, 7) is 4.31. The molecule has 0 saturated heterocycles. The van der Waals surface area contributed by atoms with Crippen LogP contribution in [0.4, 0.5) is 0 Å². The van der Waals surface area contributed by atoms with E-state index in [9.17, 15) is 9.59 Å². The number of aliphatic carboxylic acids is 1. The average Bonchev–Trinajstić information content (AvgIpc) is 2.01. The molecule has 0 aromatic heterocycles. The number of nitrogens with two attached hydrogens (primary N) is 1. The van der Waals surface area contributed by atoms with Gasteiger partial charge in [0.05, 0.1) is 13.0 Å². The number of hydrogen-bond acceptors (Lipinski definition) is 4. The van der Waals surface area contributed by atoms with E-state index in [1.807, 2.05) is 13.8 Å². The van der Waals surface area contributed by atoms with Crippen molar-refractivity contribution < 1.29 is 19.4 Å². The fourth-order valence-electron chi connectivity index (χ4n) is 0.774. The Morgan fingerprint density at radius 2 is 2.00 bits per heavy atom. The van der Waals surface area contributed by atoms with Crippen LogP contribution in [0.2, 0.25) is 0 Å². The van der Waals surface area contributed by atoms with Crippen LogP contribution in [0.15, 0.2) is 0 Å². The Morgan fingerprint density at radius 3 is 2.43 bits per heavy atom. The van der Waals surface area contributed by atoms with Gasteiger partial charge in [-0.2, -0.15) is 0 Å². The van der Waals surface area contributed by atoms with E-state index in [2.05, 4.69) is 0 Å².